The third-order valence-corrected chi connectivity index (χ3v) is 5.18. The van der Waals surface area contributed by atoms with E-state index < -0.39 is 0 Å². The van der Waals surface area contributed by atoms with Gasteiger partial charge in [0.05, 0.1) is 16.6 Å². The van der Waals surface area contributed by atoms with Crippen molar-refractivity contribution in [2.75, 3.05) is 16.8 Å². The van der Waals surface area contributed by atoms with Crippen molar-refractivity contribution < 1.29 is 9.59 Å². The predicted octanol–water partition coefficient (Wildman–Crippen LogP) is 2.31. The molecule has 114 valence electrons. The van der Waals surface area contributed by atoms with Crippen LogP contribution in [0.25, 0.3) is 0 Å². The largest absolute Gasteiger partial charge is 0.323 e. The standard InChI is InChI=1S/C14H14N4O2S2/c1-8(21-14-17-16-9(2)22-14)13(20)18-7-12(19)15-10-5-3-4-6-11(10)18/h3-6,8H,7H2,1-2H3,(H,15,19). The molecule has 0 saturated carbocycles. The number of amides is 2. The lowest BCUT2D eigenvalue weighted by Crippen LogP contribution is -2.45. The number of benzene rings is 1. The molecule has 1 atom stereocenters. The van der Waals surface area contributed by atoms with Gasteiger partial charge in [-0.2, -0.15) is 0 Å². The van der Waals surface area contributed by atoms with E-state index >= 15 is 0 Å². The highest BCUT2D eigenvalue weighted by Crippen LogP contribution is 2.32. The highest BCUT2D eigenvalue weighted by Gasteiger charge is 2.30. The molecule has 2 heterocycles. The van der Waals surface area contributed by atoms with Crippen LogP contribution >= 0.6 is 23.1 Å². The SMILES string of the molecule is Cc1nnc(SC(C)C(=O)N2CC(=O)Nc3ccccc32)s1. The number of carbonyl (C=O) groups excluding carboxylic acids is 2. The van der Waals surface area contributed by atoms with Crippen LogP contribution in [0.4, 0.5) is 11.4 Å². The van der Waals surface area contributed by atoms with Crippen LogP contribution in [0.1, 0.15) is 11.9 Å². The molecule has 1 N–H and O–H groups in total. The maximum Gasteiger partial charge on any atom is 0.244 e. The molecule has 3 rings (SSSR count). The second kappa shape index (κ2) is 6.05. The number of hydrogen-bond acceptors (Lipinski definition) is 6. The first-order valence-electron chi connectivity index (χ1n) is 6.71. The number of rotatable bonds is 3. The van der Waals surface area contributed by atoms with Crippen LogP contribution in [0.15, 0.2) is 28.6 Å². The number of thioether (sulfide) groups is 1. The van der Waals surface area contributed by atoms with Gasteiger partial charge in [0.2, 0.25) is 11.8 Å². The van der Waals surface area contributed by atoms with Gasteiger partial charge in [0.25, 0.3) is 0 Å². The van der Waals surface area contributed by atoms with Crippen molar-refractivity contribution in [1.82, 2.24) is 10.2 Å². The van der Waals surface area contributed by atoms with Crippen LogP contribution in [0.3, 0.4) is 0 Å². The van der Waals surface area contributed by atoms with Gasteiger partial charge in [-0.3, -0.25) is 14.5 Å². The molecular weight excluding hydrogens is 320 g/mol. The van der Waals surface area contributed by atoms with Crippen molar-refractivity contribution in [3.63, 3.8) is 0 Å². The molecule has 8 heteroatoms. The minimum absolute atomic E-state index is 0.0376. The van der Waals surface area contributed by atoms with Gasteiger partial charge >= 0.3 is 0 Å². The van der Waals surface area contributed by atoms with Crippen molar-refractivity contribution in [2.45, 2.75) is 23.4 Å². The number of fused-ring (bicyclic) bond motifs is 1. The normalized spacial score (nSPS) is 15.2. The van der Waals surface area contributed by atoms with Crippen LogP contribution in [-0.2, 0) is 9.59 Å². The molecular formula is C14H14N4O2S2. The molecule has 2 amide bonds. The fraction of sp³-hybridized carbons (Fsp3) is 0.286. The highest BCUT2D eigenvalue weighted by atomic mass is 32.2. The number of nitrogens with one attached hydrogen (secondary N) is 1. The summed E-state index contributed by atoms with van der Waals surface area (Å²) in [6.07, 6.45) is 0. The third-order valence-electron chi connectivity index (χ3n) is 3.17. The van der Waals surface area contributed by atoms with Gasteiger partial charge in [0, 0.05) is 0 Å². The molecule has 0 bridgehead atoms. The molecule has 1 aromatic carbocycles. The molecule has 0 spiro atoms. The van der Waals surface area contributed by atoms with Crippen molar-refractivity contribution in [3.05, 3.63) is 29.3 Å². The lowest BCUT2D eigenvalue weighted by Gasteiger charge is -2.30. The summed E-state index contributed by atoms with van der Waals surface area (Å²) in [7, 11) is 0. The fourth-order valence-electron chi connectivity index (χ4n) is 2.18. The zero-order valence-corrected chi connectivity index (χ0v) is 13.7. The van der Waals surface area contributed by atoms with Crippen molar-refractivity contribution >= 4 is 46.3 Å². The Morgan fingerprint density at radius 2 is 2.18 bits per heavy atom. The van der Waals surface area contributed by atoms with Gasteiger partial charge in [0.15, 0.2) is 4.34 Å². The number of nitrogens with zero attached hydrogens (tertiary/aromatic N) is 3. The van der Waals surface area contributed by atoms with Gasteiger partial charge in [-0.15, -0.1) is 10.2 Å². The monoisotopic (exact) mass is 334 g/mol. The smallest absolute Gasteiger partial charge is 0.244 e. The molecule has 2 aromatic rings. The minimum Gasteiger partial charge on any atom is -0.323 e. The summed E-state index contributed by atoms with van der Waals surface area (Å²) in [4.78, 5) is 26.0. The summed E-state index contributed by atoms with van der Waals surface area (Å²) in [6, 6.07) is 7.30. The maximum absolute atomic E-state index is 12.7. The summed E-state index contributed by atoms with van der Waals surface area (Å²) >= 11 is 2.82. The zero-order valence-electron chi connectivity index (χ0n) is 12.1. The molecule has 1 aromatic heterocycles. The molecule has 1 aliphatic rings. The van der Waals surface area contributed by atoms with E-state index in [1.165, 1.54) is 28.0 Å². The summed E-state index contributed by atoms with van der Waals surface area (Å²) in [5, 5.41) is 11.3. The Labute approximate surface area is 135 Å². The van der Waals surface area contributed by atoms with Gasteiger partial charge in [-0.1, -0.05) is 35.2 Å². The quantitative estimate of drug-likeness (QED) is 0.872. The van der Waals surface area contributed by atoms with E-state index in [0.29, 0.717) is 5.69 Å². The first-order chi connectivity index (χ1) is 10.5. The van der Waals surface area contributed by atoms with E-state index in [1.54, 1.807) is 6.07 Å². The molecule has 0 fully saturated rings. The predicted molar refractivity (Wildman–Crippen MR) is 87.4 cm³/mol. The van der Waals surface area contributed by atoms with Gasteiger partial charge in [0.1, 0.15) is 11.6 Å². The molecule has 0 radical (unpaired) electrons. The lowest BCUT2D eigenvalue weighted by atomic mass is 10.2. The van der Waals surface area contributed by atoms with Gasteiger partial charge < -0.3 is 5.32 Å². The second-order valence-electron chi connectivity index (χ2n) is 4.84. The Morgan fingerprint density at radius 1 is 1.41 bits per heavy atom. The van der Waals surface area contributed by atoms with Gasteiger partial charge in [-0.25, -0.2) is 0 Å². The number of para-hydroxylation sites is 2. The highest BCUT2D eigenvalue weighted by molar-refractivity contribution is 8.02. The van der Waals surface area contributed by atoms with Crippen molar-refractivity contribution in [1.29, 1.82) is 0 Å². The van der Waals surface area contributed by atoms with E-state index in [9.17, 15) is 9.59 Å². The molecule has 22 heavy (non-hydrogen) atoms. The number of aryl methyl sites for hydroxylation is 1. The molecule has 6 nitrogen and oxygen atoms in total. The van der Waals surface area contributed by atoms with Crippen LogP contribution in [0.5, 0.6) is 0 Å². The maximum atomic E-state index is 12.7. The number of carbonyl (C=O) groups is 2. The van der Waals surface area contributed by atoms with Crippen LogP contribution in [0.2, 0.25) is 0 Å². The van der Waals surface area contributed by atoms with E-state index in [2.05, 4.69) is 15.5 Å². The van der Waals surface area contributed by atoms with E-state index in [0.717, 1.165) is 15.0 Å². The average molecular weight is 334 g/mol. The second-order valence-corrected chi connectivity index (χ2v) is 7.61. The summed E-state index contributed by atoms with van der Waals surface area (Å²) < 4.78 is 0.757. The van der Waals surface area contributed by atoms with Crippen LogP contribution in [0, 0.1) is 6.92 Å². The number of hydrogen-bond donors (Lipinski definition) is 1. The molecule has 1 unspecified atom stereocenters. The third kappa shape index (κ3) is 2.97. The van der Waals surface area contributed by atoms with E-state index in [4.69, 9.17) is 0 Å². The average Bonchev–Trinajstić information content (AvgIpc) is 2.90. The van der Waals surface area contributed by atoms with Crippen molar-refractivity contribution in [2.24, 2.45) is 0 Å². The summed E-state index contributed by atoms with van der Waals surface area (Å²) in [6.45, 7) is 3.73. The Kier molecular flexibility index (Phi) is 4.12. The van der Waals surface area contributed by atoms with Crippen molar-refractivity contribution in [3.8, 4) is 0 Å². The van der Waals surface area contributed by atoms with E-state index in [1.807, 2.05) is 32.0 Å². The van der Waals surface area contributed by atoms with Crippen LogP contribution in [-0.4, -0.2) is 33.8 Å². The molecule has 0 aliphatic carbocycles. The van der Waals surface area contributed by atoms with Crippen LogP contribution < -0.4 is 10.2 Å². The molecule has 1 aliphatic heterocycles. The Bertz CT molecular complexity index is 731. The summed E-state index contributed by atoms with van der Waals surface area (Å²) in [5.74, 6) is -0.295. The number of aromatic nitrogens is 2. The zero-order chi connectivity index (χ0) is 15.7. The Morgan fingerprint density at radius 3 is 2.91 bits per heavy atom. The fourth-order valence-corrected chi connectivity index (χ4v) is 4.20. The molecule has 0 saturated heterocycles. The first kappa shape index (κ1) is 15.0. The van der Waals surface area contributed by atoms with E-state index in [-0.39, 0.29) is 23.6 Å². The Balaban J connectivity index is 1.81. The first-order valence-corrected chi connectivity index (χ1v) is 8.41. The van der Waals surface area contributed by atoms with Gasteiger partial charge in [-0.05, 0) is 26.0 Å². The summed E-state index contributed by atoms with van der Waals surface area (Å²) in [5.41, 5.74) is 1.39. The minimum atomic E-state index is -0.341. The Hall–Kier alpha value is -1.93. The number of anilines is 2. The topological polar surface area (TPSA) is 75.2 Å². The lowest BCUT2D eigenvalue weighted by molar-refractivity contribution is -0.121.